The van der Waals surface area contributed by atoms with Gasteiger partial charge in [0.1, 0.15) is 16.4 Å². The summed E-state index contributed by atoms with van der Waals surface area (Å²) in [5.41, 5.74) is 1.24. The van der Waals surface area contributed by atoms with Crippen LogP contribution >= 0.6 is 11.6 Å². The summed E-state index contributed by atoms with van der Waals surface area (Å²) in [6, 6.07) is 9.61. The van der Waals surface area contributed by atoms with E-state index < -0.39 is 10.0 Å². The second-order valence-electron chi connectivity index (χ2n) is 4.61. The number of aryl methyl sites for hydroxylation is 1. The minimum atomic E-state index is -3.86. The molecule has 2 rings (SSSR count). The molecule has 7 heteroatoms. The van der Waals surface area contributed by atoms with Crippen LogP contribution in [-0.2, 0) is 10.0 Å². The molecule has 0 saturated carbocycles. The molecule has 118 valence electrons. The number of rotatable bonds is 5. The Hall–Kier alpha value is -1.92. The summed E-state index contributed by atoms with van der Waals surface area (Å²) < 4.78 is 37.8. The predicted octanol–water partition coefficient (Wildman–Crippen LogP) is 3.47. The average molecular weight is 342 g/mol. The fourth-order valence-electron chi connectivity index (χ4n) is 1.90. The molecule has 0 spiro atoms. The number of hydrogen-bond donors (Lipinski definition) is 1. The lowest BCUT2D eigenvalue weighted by atomic mass is 10.2. The van der Waals surface area contributed by atoms with Crippen molar-refractivity contribution < 1.29 is 17.9 Å². The highest BCUT2D eigenvalue weighted by Gasteiger charge is 2.21. The van der Waals surface area contributed by atoms with Gasteiger partial charge in [-0.3, -0.25) is 4.72 Å². The highest BCUT2D eigenvalue weighted by Crippen LogP contribution is 2.31. The lowest BCUT2D eigenvalue weighted by Crippen LogP contribution is -2.14. The predicted molar refractivity (Wildman–Crippen MR) is 86.5 cm³/mol. The van der Waals surface area contributed by atoms with Crippen LogP contribution in [0.2, 0.25) is 5.02 Å². The first-order chi connectivity index (χ1) is 10.4. The van der Waals surface area contributed by atoms with Gasteiger partial charge in [0, 0.05) is 6.07 Å². The first-order valence-electron chi connectivity index (χ1n) is 6.38. The number of benzene rings is 2. The highest BCUT2D eigenvalue weighted by molar-refractivity contribution is 7.92. The fourth-order valence-corrected chi connectivity index (χ4v) is 3.50. The first-order valence-corrected chi connectivity index (χ1v) is 8.24. The van der Waals surface area contributed by atoms with Crippen LogP contribution in [0.15, 0.2) is 41.3 Å². The van der Waals surface area contributed by atoms with E-state index in [0.717, 1.165) is 5.56 Å². The molecule has 0 heterocycles. The minimum absolute atomic E-state index is 0.0222. The molecular weight excluding hydrogens is 326 g/mol. The Balaban J connectivity index is 2.46. The van der Waals surface area contributed by atoms with E-state index in [4.69, 9.17) is 21.1 Å². The zero-order chi connectivity index (χ0) is 16.3. The van der Waals surface area contributed by atoms with Crippen LogP contribution in [0.1, 0.15) is 5.56 Å². The Labute approximate surface area is 134 Å². The number of nitrogens with one attached hydrogen (secondary N) is 1. The standard InChI is InChI=1S/C15H16ClNO4S/c1-10-4-6-13(12(16)8-10)17-22(18,19)15-9-11(20-2)5-7-14(15)21-3/h4-9,17H,1-3H3. The smallest absolute Gasteiger partial charge is 0.265 e. The van der Waals surface area contributed by atoms with Gasteiger partial charge in [-0.15, -0.1) is 0 Å². The summed E-state index contributed by atoms with van der Waals surface area (Å²) in [6.07, 6.45) is 0. The molecule has 0 aliphatic carbocycles. The van der Waals surface area contributed by atoms with E-state index in [2.05, 4.69) is 4.72 Å². The largest absolute Gasteiger partial charge is 0.497 e. The lowest BCUT2D eigenvalue weighted by Gasteiger charge is -2.13. The van der Waals surface area contributed by atoms with Crippen LogP contribution in [0.5, 0.6) is 11.5 Å². The molecule has 0 unspecified atom stereocenters. The maximum Gasteiger partial charge on any atom is 0.265 e. The summed E-state index contributed by atoms with van der Waals surface area (Å²) in [5, 5.41) is 0.324. The second kappa shape index (κ2) is 6.46. The number of ether oxygens (including phenoxy) is 2. The molecule has 0 fully saturated rings. The van der Waals surface area contributed by atoms with E-state index in [9.17, 15) is 8.42 Å². The number of anilines is 1. The van der Waals surface area contributed by atoms with Crippen LogP contribution in [0, 0.1) is 6.92 Å². The molecule has 0 amide bonds. The SMILES string of the molecule is COc1ccc(OC)c(S(=O)(=O)Nc2ccc(C)cc2Cl)c1. The zero-order valence-corrected chi connectivity index (χ0v) is 14.0. The molecule has 1 N–H and O–H groups in total. The van der Waals surface area contributed by atoms with Crippen molar-refractivity contribution in [2.45, 2.75) is 11.8 Å². The van der Waals surface area contributed by atoms with E-state index in [0.29, 0.717) is 16.5 Å². The summed E-state index contributed by atoms with van der Waals surface area (Å²) in [5.74, 6) is 0.632. The zero-order valence-electron chi connectivity index (χ0n) is 12.4. The summed E-state index contributed by atoms with van der Waals surface area (Å²) in [4.78, 5) is -0.0222. The summed E-state index contributed by atoms with van der Waals surface area (Å²) in [6.45, 7) is 1.87. The lowest BCUT2D eigenvalue weighted by molar-refractivity contribution is 0.392. The second-order valence-corrected chi connectivity index (χ2v) is 6.66. The van der Waals surface area contributed by atoms with Gasteiger partial charge in [-0.25, -0.2) is 8.42 Å². The van der Waals surface area contributed by atoms with Gasteiger partial charge < -0.3 is 9.47 Å². The maximum absolute atomic E-state index is 12.6. The van der Waals surface area contributed by atoms with Crippen molar-refractivity contribution in [3.05, 3.63) is 47.0 Å². The van der Waals surface area contributed by atoms with Crippen molar-refractivity contribution in [1.82, 2.24) is 0 Å². The summed E-state index contributed by atoms with van der Waals surface area (Å²) in [7, 11) is -1.00. The third kappa shape index (κ3) is 3.45. The van der Waals surface area contributed by atoms with Gasteiger partial charge in [0.2, 0.25) is 0 Å². The van der Waals surface area contributed by atoms with Gasteiger partial charge in [-0.1, -0.05) is 17.7 Å². The normalized spacial score (nSPS) is 11.1. The molecule has 2 aromatic rings. The average Bonchev–Trinajstić information content (AvgIpc) is 2.49. The van der Waals surface area contributed by atoms with E-state index in [1.54, 1.807) is 24.3 Å². The van der Waals surface area contributed by atoms with Crippen molar-refractivity contribution in [1.29, 1.82) is 0 Å². The van der Waals surface area contributed by atoms with Gasteiger partial charge in [0.15, 0.2) is 0 Å². The molecule has 22 heavy (non-hydrogen) atoms. The molecule has 0 aliphatic heterocycles. The summed E-state index contributed by atoms with van der Waals surface area (Å²) >= 11 is 6.07. The van der Waals surface area contributed by atoms with Gasteiger partial charge in [-0.2, -0.15) is 0 Å². The molecule has 0 saturated heterocycles. The topological polar surface area (TPSA) is 64.6 Å². The van der Waals surface area contributed by atoms with Crippen molar-refractivity contribution in [3.8, 4) is 11.5 Å². The van der Waals surface area contributed by atoms with Crippen molar-refractivity contribution >= 4 is 27.3 Å². The fraction of sp³-hybridized carbons (Fsp3) is 0.200. The van der Waals surface area contributed by atoms with Crippen LogP contribution in [-0.4, -0.2) is 22.6 Å². The number of halogens is 1. The molecule has 0 aromatic heterocycles. The number of hydrogen-bond acceptors (Lipinski definition) is 4. The Morgan fingerprint density at radius 2 is 1.77 bits per heavy atom. The molecule has 2 aromatic carbocycles. The highest BCUT2D eigenvalue weighted by atomic mass is 35.5. The van der Waals surface area contributed by atoms with Gasteiger partial charge >= 0.3 is 0 Å². The van der Waals surface area contributed by atoms with E-state index in [1.807, 2.05) is 6.92 Å². The molecule has 0 bridgehead atoms. The van der Waals surface area contributed by atoms with Crippen LogP contribution in [0.4, 0.5) is 5.69 Å². The Morgan fingerprint density at radius 1 is 1.05 bits per heavy atom. The molecular formula is C15H16ClNO4S. The van der Waals surface area contributed by atoms with E-state index in [1.165, 1.54) is 26.4 Å². The number of sulfonamides is 1. The van der Waals surface area contributed by atoms with Crippen molar-refractivity contribution in [3.63, 3.8) is 0 Å². The third-order valence-corrected chi connectivity index (χ3v) is 4.73. The Morgan fingerprint density at radius 3 is 2.36 bits per heavy atom. The third-order valence-electron chi connectivity index (χ3n) is 3.03. The molecule has 0 atom stereocenters. The van der Waals surface area contributed by atoms with Crippen LogP contribution in [0.25, 0.3) is 0 Å². The van der Waals surface area contributed by atoms with Crippen molar-refractivity contribution in [2.75, 3.05) is 18.9 Å². The molecule has 0 aliphatic rings. The Bertz CT molecular complexity index is 790. The molecule has 5 nitrogen and oxygen atoms in total. The van der Waals surface area contributed by atoms with Gasteiger partial charge in [-0.05, 0) is 36.8 Å². The Kier molecular flexibility index (Phi) is 4.83. The van der Waals surface area contributed by atoms with Crippen LogP contribution in [0.3, 0.4) is 0 Å². The minimum Gasteiger partial charge on any atom is -0.497 e. The van der Waals surface area contributed by atoms with E-state index in [-0.39, 0.29) is 10.6 Å². The van der Waals surface area contributed by atoms with Crippen molar-refractivity contribution in [2.24, 2.45) is 0 Å². The quantitative estimate of drug-likeness (QED) is 0.904. The van der Waals surface area contributed by atoms with E-state index >= 15 is 0 Å². The maximum atomic E-state index is 12.6. The number of methoxy groups -OCH3 is 2. The van der Waals surface area contributed by atoms with Gasteiger partial charge in [0.25, 0.3) is 10.0 Å². The first kappa shape index (κ1) is 16.5. The van der Waals surface area contributed by atoms with Crippen LogP contribution < -0.4 is 14.2 Å². The monoisotopic (exact) mass is 341 g/mol. The molecule has 0 radical (unpaired) electrons. The van der Waals surface area contributed by atoms with Gasteiger partial charge in [0.05, 0.1) is 24.9 Å².